The summed E-state index contributed by atoms with van der Waals surface area (Å²) in [7, 11) is 0. The van der Waals surface area contributed by atoms with Crippen molar-refractivity contribution >= 4 is 0 Å². The molecule has 1 aliphatic rings. The lowest BCUT2D eigenvalue weighted by atomic mass is 10.1. The Balaban J connectivity index is 2.01. The Kier molecular flexibility index (Phi) is 2.70. The molecule has 2 aromatic heterocycles. The Morgan fingerprint density at radius 3 is 2.89 bits per heavy atom. The Morgan fingerprint density at radius 2 is 2.17 bits per heavy atom. The maximum absolute atomic E-state index is 4.33. The highest BCUT2D eigenvalue weighted by molar-refractivity contribution is 5.51. The monoisotopic (exact) mass is 245 g/mol. The molecule has 3 rings (SSSR count). The van der Waals surface area contributed by atoms with Crippen molar-refractivity contribution < 1.29 is 0 Å². The highest BCUT2D eigenvalue weighted by Crippen LogP contribution is 2.24. The van der Waals surface area contributed by atoms with E-state index in [-0.39, 0.29) is 6.04 Å². The van der Waals surface area contributed by atoms with Gasteiger partial charge in [-0.1, -0.05) is 13.8 Å². The van der Waals surface area contributed by atoms with Gasteiger partial charge in [0.2, 0.25) is 0 Å². The minimum atomic E-state index is 0.277. The van der Waals surface area contributed by atoms with Crippen LogP contribution in [0.1, 0.15) is 44.2 Å². The lowest BCUT2D eigenvalue weighted by Crippen LogP contribution is -2.32. The molecule has 18 heavy (non-hydrogen) atoms. The van der Waals surface area contributed by atoms with E-state index in [9.17, 15) is 0 Å². The van der Waals surface area contributed by atoms with E-state index in [1.165, 1.54) is 5.69 Å². The van der Waals surface area contributed by atoms with E-state index < -0.39 is 0 Å². The van der Waals surface area contributed by atoms with Crippen LogP contribution < -0.4 is 5.32 Å². The summed E-state index contributed by atoms with van der Waals surface area (Å²) in [6, 6.07) is 4.50. The molecule has 0 radical (unpaired) electrons. The first-order valence-electron chi connectivity index (χ1n) is 6.52. The molecule has 3 heterocycles. The molecule has 0 aliphatic carbocycles. The second-order valence-corrected chi connectivity index (χ2v) is 5.19. The molecular formula is C13H19N5. The molecule has 0 aromatic carbocycles. The maximum atomic E-state index is 4.33. The second kappa shape index (κ2) is 4.24. The number of aromatic nitrogens is 4. The molecule has 0 saturated heterocycles. The first-order chi connectivity index (χ1) is 8.66. The van der Waals surface area contributed by atoms with Crippen LogP contribution in [-0.2, 0) is 6.54 Å². The van der Waals surface area contributed by atoms with Gasteiger partial charge in [-0.15, -0.1) is 10.2 Å². The summed E-state index contributed by atoms with van der Waals surface area (Å²) in [6.45, 7) is 8.38. The zero-order chi connectivity index (χ0) is 12.7. The summed E-state index contributed by atoms with van der Waals surface area (Å²) < 4.78 is 2.21. The summed E-state index contributed by atoms with van der Waals surface area (Å²) >= 11 is 0. The van der Waals surface area contributed by atoms with E-state index in [1.54, 1.807) is 0 Å². The van der Waals surface area contributed by atoms with Crippen molar-refractivity contribution in [2.24, 2.45) is 0 Å². The summed E-state index contributed by atoms with van der Waals surface area (Å²) in [6.07, 6.45) is 0. The molecule has 0 fully saturated rings. The van der Waals surface area contributed by atoms with Crippen LogP contribution >= 0.6 is 0 Å². The number of hydrogen-bond donors (Lipinski definition) is 2. The number of hydrogen-bond acceptors (Lipinski definition) is 3. The van der Waals surface area contributed by atoms with Crippen LogP contribution in [-0.4, -0.2) is 26.3 Å². The van der Waals surface area contributed by atoms with Gasteiger partial charge >= 0.3 is 0 Å². The molecule has 1 atom stereocenters. The molecule has 5 heteroatoms. The van der Waals surface area contributed by atoms with Crippen LogP contribution in [0.5, 0.6) is 0 Å². The SMILES string of the molecule is CC(C)c1ccc(-c2nnc3n2CCNC3C)[nH]1. The Morgan fingerprint density at radius 1 is 1.33 bits per heavy atom. The number of fused-ring (bicyclic) bond motifs is 1. The summed E-state index contributed by atoms with van der Waals surface area (Å²) in [5, 5.41) is 12.0. The Bertz CT molecular complexity index is 551. The van der Waals surface area contributed by atoms with Crippen molar-refractivity contribution in [1.82, 2.24) is 25.1 Å². The van der Waals surface area contributed by atoms with Crippen molar-refractivity contribution in [2.75, 3.05) is 6.54 Å². The van der Waals surface area contributed by atoms with Crippen LogP contribution in [0.4, 0.5) is 0 Å². The maximum Gasteiger partial charge on any atom is 0.180 e. The number of nitrogens with one attached hydrogen (secondary N) is 2. The third-order valence-corrected chi connectivity index (χ3v) is 3.52. The van der Waals surface area contributed by atoms with Crippen LogP contribution in [0.25, 0.3) is 11.5 Å². The molecule has 0 bridgehead atoms. The second-order valence-electron chi connectivity index (χ2n) is 5.19. The summed E-state index contributed by atoms with van der Waals surface area (Å²) in [5.41, 5.74) is 2.30. The van der Waals surface area contributed by atoms with Gasteiger partial charge in [0, 0.05) is 18.8 Å². The minimum Gasteiger partial charge on any atom is -0.356 e. The van der Waals surface area contributed by atoms with E-state index in [0.717, 1.165) is 30.4 Å². The molecule has 2 N–H and O–H groups in total. The van der Waals surface area contributed by atoms with Gasteiger partial charge in [0.1, 0.15) is 5.82 Å². The van der Waals surface area contributed by atoms with E-state index >= 15 is 0 Å². The molecule has 1 aliphatic heterocycles. The van der Waals surface area contributed by atoms with Gasteiger partial charge in [-0.3, -0.25) is 0 Å². The van der Waals surface area contributed by atoms with Crippen LogP contribution in [0, 0.1) is 0 Å². The van der Waals surface area contributed by atoms with E-state index in [0.29, 0.717) is 5.92 Å². The molecule has 0 saturated carbocycles. The van der Waals surface area contributed by atoms with Gasteiger partial charge in [-0.2, -0.15) is 0 Å². The van der Waals surface area contributed by atoms with Crippen molar-refractivity contribution in [2.45, 2.75) is 39.3 Å². The third-order valence-electron chi connectivity index (χ3n) is 3.52. The van der Waals surface area contributed by atoms with Crippen LogP contribution in [0.2, 0.25) is 0 Å². The van der Waals surface area contributed by atoms with Crippen LogP contribution in [0.15, 0.2) is 12.1 Å². The molecule has 1 unspecified atom stereocenters. The normalized spacial score (nSPS) is 19.2. The molecular weight excluding hydrogens is 226 g/mol. The number of nitrogens with zero attached hydrogens (tertiary/aromatic N) is 3. The predicted molar refractivity (Wildman–Crippen MR) is 70.3 cm³/mol. The minimum absolute atomic E-state index is 0.277. The van der Waals surface area contributed by atoms with Crippen molar-refractivity contribution in [3.05, 3.63) is 23.7 Å². The standard InChI is InChI=1S/C13H19N5/c1-8(2)10-4-5-11(15-10)13-17-16-12-9(3)14-6-7-18(12)13/h4-5,8-9,14-15H,6-7H2,1-3H3. The van der Waals surface area contributed by atoms with Gasteiger partial charge in [0.25, 0.3) is 0 Å². The Labute approximate surface area is 107 Å². The molecule has 2 aromatic rings. The zero-order valence-electron chi connectivity index (χ0n) is 11.1. The molecule has 0 spiro atoms. The molecule has 0 amide bonds. The van der Waals surface area contributed by atoms with Gasteiger partial charge in [-0.05, 0) is 25.0 Å². The quantitative estimate of drug-likeness (QED) is 0.851. The summed E-state index contributed by atoms with van der Waals surface area (Å²) in [4.78, 5) is 3.44. The van der Waals surface area contributed by atoms with Crippen molar-refractivity contribution in [1.29, 1.82) is 0 Å². The van der Waals surface area contributed by atoms with Crippen LogP contribution in [0.3, 0.4) is 0 Å². The summed E-state index contributed by atoms with van der Waals surface area (Å²) in [5.74, 6) is 2.48. The fourth-order valence-corrected chi connectivity index (χ4v) is 2.42. The van der Waals surface area contributed by atoms with E-state index in [2.05, 4.69) is 58.0 Å². The number of aromatic amines is 1. The Hall–Kier alpha value is -1.62. The van der Waals surface area contributed by atoms with Gasteiger partial charge in [-0.25, -0.2) is 0 Å². The fraction of sp³-hybridized carbons (Fsp3) is 0.538. The topological polar surface area (TPSA) is 58.5 Å². The van der Waals surface area contributed by atoms with Crippen molar-refractivity contribution in [3.8, 4) is 11.5 Å². The molecule has 96 valence electrons. The first kappa shape index (κ1) is 11.5. The highest BCUT2D eigenvalue weighted by atomic mass is 15.3. The van der Waals surface area contributed by atoms with E-state index in [1.807, 2.05) is 0 Å². The average molecular weight is 245 g/mol. The number of rotatable bonds is 2. The van der Waals surface area contributed by atoms with Gasteiger partial charge < -0.3 is 14.9 Å². The number of H-pyrrole nitrogens is 1. The lowest BCUT2D eigenvalue weighted by molar-refractivity contribution is 0.438. The zero-order valence-corrected chi connectivity index (χ0v) is 11.1. The predicted octanol–water partition coefficient (Wildman–Crippen LogP) is 2.06. The molecule has 5 nitrogen and oxygen atoms in total. The first-order valence-corrected chi connectivity index (χ1v) is 6.52. The van der Waals surface area contributed by atoms with E-state index in [4.69, 9.17) is 0 Å². The smallest absolute Gasteiger partial charge is 0.180 e. The van der Waals surface area contributed by atoms with Gasteiger partial charge in [0.15, 0.2) is 5.82 Å². The largest absolute Gasteiger partial charge is 0.356 e. The van der Waals surface area contributed by atoms with Gasteiger partial charge in [0.05, 0.1) is 11.7 Å². The fourth-order valence-electron chi connectivity index (χ4n) is 2.42. The highest BCUT2D eigenvalue weighted by Gasteiger charge is 2.22. The average Bonchev–Trinajstić information content (AvgIpc) is 2.94. The van der Waals surface area contributed by atoms with Crippen molar-refractivity contribution in [3.63, 3.8) is 0 Å². The third kappa shape index (κ3) is 1.75. The lowest BCUT2D eigenvalue weighted by Gasteiger charge is -2.21.